The van der Waals surface area contributed by atoms with Crippen LogP contribution in [-0.4, -0.2) is 5.11 Å². The SMILES string of the molecule is Oc1cccc2ccc3c(c12)C(c1ccccc1)c1ccccc1-3. The zero-order chi connectivity index (χ0) is 16.1. The minimum Gasteiger partial charge on any atom is -0.507 e. The van der Waals surface area contributed by atoms with Gasteiger partial charge in [-0.3, -0.25) is 0 Å². The average Bonchev–Trinajstić information content (AvgIpc) is 2.97. The van der Waals surface area contributed by atoms with E-state index < -0.39 is 0 Å². The molecule has 0 aliphatic heterocycles. The van der Waals surface area contributed by atoms with Crippen LogP contribution in [0.2, 0.25) is 0 Å². The Labute approximate surface area is 140 Å². The van der Waals surface area contributed by atoms with Gasteiger partial charge in [0.15, 0.2) is 0 Å². The van der Waals surface area contributed by atoms with Crippen molar-refractivity contribution < 1.29 is 5.11 Å². The summed E-state index contributed by atoms with van der Waals surface area (Å²) in [6.07, 6.45) is 0. The minimum atomic E-state index is 0.161. The number of phenols is 1. The van der Waals surface area contributed by atoms with E-state index in [1.54, 1.807) is 6.07 Å². The standard InChI is InChI=1S/C23H16O/c24-20-12-6-9-16-13-14-19-17-10-4-5-11-18(17)21(23(19)22(16)20)15-7-2-1-3-8-15/h1-14,21,24H. The van der Waals surface area contributed by atoms with Crippen molar-refractivity contribution in [2.45, 2.75) is 5.92 Å². The first kappa shape index (κ1) is 13.4. The number of hydrogen-bond acceptors (Lipinski definition) is 1. The van der Waals surface area contributed by atoms with Crippen LogP contribution in [0.25, 0.3) is 21.9 Å². The largest absolute Gasteiger partial charge is 0.507 e. The summed E-state index contributed by atoms with van der Waals surface area (Å²) in [5.74, 6) is 0.521. The van der Waals surface area contributed by atoms with E-state index in [4.69, 9.17) is 0 Å². The lowest BCUT2D eigenvalue weighted by molar-refractivity contribution is 0.481. The lowest BCUT2D eigenvalue weighted by Crippen LogP contribution is -1.99. The van der Waals surface area contributed by atoms with Crippen LogP contribution in [-0.2, 0) is 0 Å². The van der Waals surface area contributed by atoms with E-state index in [0.717, 1.165) is 10.8 Å². The lowest BCUT2D eigenvalue weighted by atomic mass is 9.86. The number of benzene rings is 4. The maximum Gasteiger partial charge on any atom is 0.123 e. The quantitative estimate of drug-likeness (QED) is 0.421. The molecule has 0 saturated carbocycles. The number of fused-ring (bicyclic) bond motifs is 5. The molecule has 0 aromatic heterocycles. The predicted octanol–water partition coefficient (Wildman–Crippen LogP) is 5.71. The number of rotatable bonds is 1. The Morgan fingerprint density at radius 1 is 0.625 bits per heavy atom. The zero-order valence-electron chi connectivity index (χ0n) is 13.1. The van der Waals surface area contributed by atoms with Gasteiger partial charge in [-0.15, -0.1) is 0 Å². The molecule has 0 saturated heterocycles. The van der Waals surface area contributed by atoms with Gasteiger partial charge in [0.1, 0.15) is 5.75 Å². The first-order valence-corrected chi connectivity index (χ1v) is 8.23. The van der Waals surface area contributed by atoms with Crippen LogP contribution in [0, 0.1) is 0 Å². The van der Waals surface area contributed by atoms with Crippen LogP contribution in [0.4, 0.5) is 0 Å². The predicted molar refractivity (Wildman–Crippen MR) is 98.4 cm³/mol. The van der Waals surface area contributed by atoms with Crippen LogP contribution in [0.5, 0.6) is 5.75 Å². The summed E-state index contributed by atoms with van der Waals surface area (Å²) in [7, 11) is 0. The highest BCUT2D eigenvalue weighted by molar-refractivity contribution is 6.00. The van der Waals surface area contributed by atoms with E-state index in [9.17, 15) is 5.11 Å². The van der Waals surface area contributed by atoms with Crippen molar-refractivity contribution >= 4 is 10.8 Å². The Kier molecular flexibility index (Phi) is 2.77. The molecule has 5 rings (SSSR count). The highest BCUT2D eigenvalue weighted by Crippen LogP contribution is 2.51. The van der Waals surface area contributed by atoms with E-state index in [1.807, 2.05) is 12.1 Å². The van der Waals surface area contributed by atoms with E-state index >= 15 is 0 Å². The monoisotopic (exact) mass is 308 g/mol. The van der Waals surface area contributed by atoms with Gasteiger partial charge in [-0.2, -0.15) is 0 Å². The highest BCUT2D eigenvalue weighted by Gasteiger charge is 2.31. The van der Waals surface area contributed by atoms with Crippen LogP contribution in [0.1, 0.15) is 22.6 Å². The molecule has 1 atom stereocenters. The fraction of sp³-hybridized carbons (Fsp3) is 0.0435. The van der Waals surface area contributed by atoms with Crippen molar-refractivity contribution in [2.24, 2.45) is 0 Å². The lowest BCUT2D eigenvalue weighted by Gasteiger charge is -2.17. The third kappa shape index (κ3) is 1.75. The summed E-state index contributed by atoms with van der Waals surface area (Å²) in [5, 5.41) is 12.6. The van der Waals surface area contributed by atoms with Gasteiger partial charge in [-0.05, 0) is 39.3 Å². The van der Waals surface area contributed by atoms with Crippen molar-refractivity contribution in [3.8, 4) is 16.9 Å². The van der Waals surface area contributed by atoms with Crippen LogP contribution in [0.3, 0.4) is 0 Å². The van der Waals surface area contributed by atoms with Gasteiger partial charge in [0.25, 0.3) is 0 Å². The minimum absolute atomic E-state index is 0.161. The van der Waals surface area contributed by atoms with Gasteiger partial charge >= 0.3 is 0 Å². The Hall–Kier alpha value is -3.06. The van der Waals surface area contributed by atoms with Gasteiger partial charge in [0.05, 0.1) is 0 Å². The van der Waals surface area contributed by atoms with Crippen molar-refractivity contribution in [3.63, 3.8) is 0 Å². The second-order valence-electron chi connectivity index (χ2n) is 6.33. The summed E-state index contributed by atoms with van der Waals surface area (Å²) in [6, 6.07) is 29.2. The fourth-order valence-electron chi connectivity index (χ4n) is 4.06. The van der Waals surface area contributed by atoms with Gasteiger partial charge in [0, 0.05) is 11.3 Å². The molecule has 0 radical (unpaired) electrons. The summed E-state index contributed by atoms with van der Waals surface area (Å²) in [4.78, 5) is 0. The first-order chi connectivity index (χ1) is 11.8. The zero-order valence-corrected chi connectivity index (χ0v) is 13.1. The van der Waals surface area contributed by atoms with Crippen LogP contribution >= 0.6 is 0 Å². The summed E-state index contributed by atoms with van der Waals surface area (Å²) in [5.41, 5.74) is 6.30. The van der Waals surface area contributed by atoms with E-state index in [0.29, 0.717) is 5.75 Å². The second kappa shape index (κ2) is 4.97. The number of hydrogen-bond donors (Lipinski definition) is 1. The van der Waals surface area contributed by atoms with Gasteiger partial charge in [-0.25, -0.2) is 0 Å². The van der Waals surface area contributed by atoms with Gasteiger partial charge in [-0.1, -0.05) is 78.9 Å². The van der Waals surface area contributed by atoms with Crippen LogP contribution < -0.4 is 0 Å². The molecule has 0 amide bonds. The molecule has 0 heterocycles. The second-order valence-corrected chi connectivity index (χ2v) is 6.33. The molecule has 0 spiro atoms. The van der Waals surface area contributed by atoms with Crippen molar-refractivity contribution in [2.75, 3.05) is 0 Å². The third-order valence-electron chi connectivity index (χ3n) is 5.05. The molecular weight excluding hydrogens is 292 g/mol. The van der Waals surface area contributed by atoms with Crippen molar-refractivity contribution in [1.82, 2.24) is 0 Å². The number of aromatic hydroxyl groups is 1. The van der Waals surface area contributed by atoms with E-state index in [1.165, 1.54) is 27.8 Å². The molecule has 114 valence electrons. The highest BCUT2D eigenvalue weighted by atomic mass is 16.3. The average molecular weight is 308 g/mol. The maximum absolute atomic E-state index is 10.6. The molecule has 1 heteroatoms. The smallest absolute Gasteiger partial charge is 0.123 e. The normalized spacial score (nSPS) is 15.2. The molecule has 0 bridgehead atoms. The summed E-state index contributed by atoms with van der Waals surface area (Å²) >= 11 is 0. The van der Waals surface area contributed by atoms with Crippen LogP contribution in [0.15, 0.2) is 84.9 Å². The summed E-state index contributed by atoms with van der Waals surface area (Å²) < 4.78 is 0. The van der Waals surface area contributed by atoms with E-state index in [2.05, 4.69) is 66.7 Å². The first-order valence-electron chi connectivity index (χ1n) is 8.23. The topological polar surface area (TPSA) is 20.2 Å². The Bertz CT molecular complexity index is 1060. The summed E-state index contributed by atoms with van der Waals surface area (Å²) in [6.45, 7) is 0. The molecule has 4 aromatic rings. The molecule has 24 heavy (non-hydrogen) atoms. The molecule has 1 aliphatic carbocycles. The molecule has 0 fully saturated rings. The molecule has 1 nitrogen and oxygen atoms in total. The molecular formula is C23H16O. The van der Waals surface area contributed by atoms with Gasteiger partial charge in [0.2, 0.25) is 0 Å². The van der Waals surface area contributed by atoms with E-state index in [-0.39, 0.29) is 5.92 Å². The van der Waals surface area contributed by atoms with Gasteiger partial charge < -0.3 is 5.11 Å². The molecule has 1 unspecified atom stereocenters. The maximum atomic E-state index is 10.6. The Morgan fingerprint density at radius 2 is 1.42 bits per heavy atom. The Balaban J connectivity index is 1.93. The fourth-order valence-corrected chi connectivity index (χ4v) is 4.06. The number of phenolic OH excluding ortho intramolecular Hbond substituents is 1. The molecule has 1 aliphatic rings. The molecule has 4 aromatic carbocycles. The Morgan fingerprint density at radius 3 is 2.29 bits per heavy atom. The molecule has 1 N–H and O–H groups in total. The van der Waals surface area contributed by atoms with Crippen molar-refractivity contribution in [1.29, 1.82) is 0 Å². The van der Waals surface area contributed by atoms with Crippen molar-refractivity contribution in [3.05, 3.63) is 102 Å². The third-order valence-corrected chi connectivity index (χ3v) is 5.05.